The molecule has 3 rings (SSSR count). The van der Waals surface area contributed by atoms with Crippen LogP contribution < -0.4 is 0 Å². The lowest BCUT2D eigenvalue weighted by Crippen LogP contribution is -2.13. The highest BCUT2D eigenvalue weighted by Crippen LogP contribution is 2.35. The third kappa shape index (κ3) is 3.97. The first-order valence-corrected chi connectivity index (χ1v) is 8.99. The highest BCUT2D eigenvalue weighted by molar-refractivity contribution is 5.67. The first kappa shape index (κ1) is 17.8. The number of alkyl halides is 1. The minimum Gasteiger partial charge on any atom is -0.247 e. The highest BCUT2D eigenvalue weighted by atomic mass is 19.2. The minimum absolute atomic E-state index is 0.266. The van der Waals surface area contributed by atoms with Gasteiger partial charge in [-0.05, 0) is 49.1 Å². The molecular formula is C22H23F3. The van der Waals surface area contributed by atoms with Crippen LogP contribution in [0, 0.1) is 11.6 Å². The molecule has 0 N–H and O–H groups in total. The van der Waals surface area contributed by atoms with Crippen LogP contribution in [0.1, 0.15) is 56.1 Å². The molecule has 0 aliphatic heterocycles. The quantitative estimate of drug-likeness (QED) is 0.557. The average Bonchev–Trinajstić information content (AvgIpc) is 2.64. The fraction of sp³-hybridized carbons (Fsp3) is 0.364. The molecule has 0 nitrogen and oxygen atoms in total. The summed E-state index contributed by atoms with van der Waals surface area (Å²) in [7, 11) is 0. The molecule has 132 valence electrons. The number of benzene rings is 2. The fourth-order valence-electron chi connectivity index (χ4n) is 3.48. The third-order valence-corrected chi connectivity index (χ3v) is 5.00. The number of allylic oxidation sites excluding steroid dienone is 1. The van der Waals surface area contributed by atoms with E-state index in [0.717, 1.165) is 24.8 Å². The van der Waals surface area contributed by atoms with Crippen molar-refractivity contribution in [2.75, 3.05) is 0 Å². The smallest absolute Gasteiger partial charge is 0.167 e. The lowest BCUT2D eigenvalue weighted by molar-refractivity contribution is 0.235. The van der Waals surface area contributed by atoms with Gasteiger partial charge < -0.3 is 0 Å². The van der Waals surface area contributed by atoms with E-state index in [0.29, 0.717) is 24.3 Å². The molecule has 1 aliphatic carbocycles. The van der Waals surface area contributed by atoms with E-state index in [2.05, 4.69) is 0 Å². The van der Waals surface area contributed by atoms with Crippen molar-refractivity contribution in [3.8, 4) is 11.1 Å². The summed E-state index contributed by atoms with van der Waals surface area (Å²) in [5, 5.41) is 0. The zero-order valence-corrected chi connectivity index (χ0v) is 14.4. The Hall–Kier alpha value is -2.03. The van der Waals surface area contributed by atoms with Crippen molar-refractivity contribution in [3.63, 3.8) is 0 Å². The lowest BCUT2D eigenvalue weighted by atomic mass is 9.83. The SMILES string of the molecule is CCC=Cc1ccc(-c2ccc(C3CCC(F)CC3)cc2)c(F)c1F. The average molecular weight is 344 g/mol. The van der Waals surface area contributed by atoms with Crippen LogP contribution in [-0.4, -0.2) is 6.17 Å². The topological polar surface area (TPSA) is 0 Å². The molecule has 0 aromatic heterocycles. The molecule has 0 radical (unpaired) electrons. The van der Waals surface area contributed by atoms with Gasteiger partial charge >= 0.3 is 0 Å². The molecule has 1 aliphatic rings. The van der Waals surface area contributed by atoms with Gasteiger partial charge in [0.05, 0.1) is 0 Å². The zero-order chi connectivity index (χ0) is 17.8. The lowest BCUT2D eigenvalue weighted by Gasteiger charge is -2.24. The Labute approximate surface area is 147 Å². The Bertz CT molecular complexity index is 739. The second kappa shape index (κ2) is 7.90. The van der Waals surface area contributed by atoms with Crippen molar-refractivity contribution in [2.45, 2.75) is 51.1 Å². The minimum atomic E-state index is -0.816. The molecule has 0 amide bonds. The predicted octanol–water partition coefficient (Wildman–Crippen LogP) is 7.05. The Kier molecular flexibility index (Phi) is 5.62. The summed E-state index contributed by atoms with van der Waals surface area (Å²) in [4.78, 5) is 0. The number of halogens is 3. The Morgan fingerprint density at radius 3 is 2.24 bits per heavy atom. The summed E-state index contributed by atoms with van der Waals surface area (Å²) in [5.74, 6) is -1.26. The van der Waals surface area contributed by atoms with E-state index >= 15 is 0 Å². The van der Waals surface area contributed by atoms with Gasteiger partial charge in [0.15, 0.2) is 11.6 Å². The molecule has 0 spiro atoms. The monoisotopic (exact) mass is 344 g/mol. The standard InChI is InChI=1S/C22H23F3/c1-2-3-4-18-11-14-20(22(25)21(18)24)17-7-5-15(6-8-17)16-9-12-19(23)13-10-16/h3-8,11,14,16,19H,2,9-10,12-13H2,1H3. The van der Waals surface area contributed by atoms with E-state index in [1.54, 1.807) is 24.3 Å². The summed E-state index contributed by atoms with van der Waals surface area (Å²) in [6, 6.07) is 10.8. The summed E-state index contributed by atoms with van der Waals surface area (Å²) in [5.41, 5.74) is 2.34. The first-order chi connectivity index (χ1) is 12.1. The molecule has 0 saturated heterocycles. The van der Waals surface area contributed by atoms with E-state index in [4.69, 9.17) is 0 Å². The van der Waals surface area contributed by atoms with Crippen molar-refractivity contribution in [1.29, 1.82) is 0 Å². The molecule has 1 saturated carbocycles. The Balaban J connectivity index is 1.83. The molecule has 25 heavy (non-hydrogen) atoms. The van der Waals surface area contributed by atoms with Crippen molar-refractivity contribution in [2.24, 2.45) is 0 Å². The van der Waals surface area contributed by atoms with Gasteiger partial charge in [-0.15, -0.1) is 0 Å². The first-order valence-electron chi connectivity index (χ1n) is 8.99. The van der Waals surface area contributed by atoms with Crippen molar-refractivity contribution >= 4 is 6.08 Å². The largest absolute Gasteiger partial charge is 0.247 e. The van der Waals surface area contributed by atoms with Gasteiger partial charge in [-0.1, -0.05) is 55.5 Å². The third-order valence-electron chi connectivity index (χ3n) is 5.00. The number of rotatable bonds is 4. The summed E-state index contributed by atoms with van der Waals surface area (Å²) in [6.07, 6.45) is 6.43. The van der Waals surface area contributed by atoms with Crippen LogP contribution in [0.2, 0.25) is 0 Å². The van der Waals surface area contributed by atoms with E-state index in [1.165, 1.54) is 0 Å². The van der Waals surface area contributed by atoms with Gasteiger partial charge in [0.25, 0.3) is 0 Å². The van der Waals surface area contributed by atoms with Gasteiger partial charge in [0.2, 0.25) is 0 Å². The van der Waals surface area contributed by atoms with Crippen LogP contribution in [0.4, 0.5) is 13.2 Å². The van der Waals surface area contributed by atoms with Crippen LogP contribution in [0.5, 0.6) is 0 Å². The van der Waals surface area contributed by atoms with Crippen LogP contribution in [0.15, 0.2) is 42.5 Å². The van der Waals surface area contributed by atoms with Gasteiger partial charge in [-0.3, -0.25) is 0 Å². The number of hydrogen-bond acceptors (Lipinski definition) is 0. The predicted molar refractivity (Wildman–Crippen MR) is 97.2 cm³/mol. The Morgan fingerprint density at radius 2 is 1.60 bits per heavy atom. The highest BCUT2D eigenvalue weighted by Gasteiger charge is 2.22. The second-order valence-electron chi connectivity index (χ2n) is 6.71. The molecule has 1 fully saturated rings. The van der Waals surface area contributed by atoms with Crippen molar-refractivity contribution in [1.82, 2.24) is 0 Å². The fourth-order valence-corrected chi connectivity index (χ4v) is 3.48. The Morgan fingerprint density at radius 1 is 0.920 bits per heavy atom. The van der Waals surface area contributed by atoms with Gasteiger partial charge in [0.1, 0.15) is 6.17 Å². The van der Waals surface area contributed by atoms with Crippen LogP contribution in [0.25, 0.3) is 17.2 Å². The molecule has 0 heterocycles. The van der Waals surface area contributed by atoms with Crippen LogP contribution in [-0.2, 0) is 0 Å². The molecule has 3 heteroatoms. The molecule has 0 atom stereocenters. The zero-order valence-electron chi connectivity index (χ0n) is 14.4. The van der Waals surface area contributed by atoms with E-state index in [-0.39, 0.29) is 11.1 Å². The van der Waals surface area contributed by atoms with Crippen molar-refractivity contribution < 1.29 is 13.2 Å². The van der Waals surface area contributed by atoms with E-state index < -0.39 is 17.8 Å². The van der Waals surface area contributed by atoms with Gasteiger partial charge in [-0.25, -0.2) is 13.2 Å². The maximum Gasteiger partial charge on any atom is 0.167 e. The molecule has 0 unspecified atom stereocenters. The second-order valence-corrected chi connectivity index (χ2v) is 6.71. The van der Waals surface area contributed by atoms with Crippen LogP contribution in [0.3, 0.4) is 0 Å². The summed E-state index contributed by atoms with van der Waals surface area (Å²) in [6.45, 7) is 1.95. The van der Waals surface area contributed by atoms with Gasteiger partial charge in [0, 0.05) is 11.1 Å². The molecule has 2 aromatic rings. The summed E-state index contributed by atoms with van der Waals surface area (Å²) >= 11 is 0. The maximum absolute atomic E-state index is 14.4. The molecule has 2 aromatic carbocycles. The van der Waals surface area contributed by atoms with E-state index in [9.17, 15) is 13.2 Å². The van der Waals surface area contributed by atoms with E-state index in [1.807, 2.05) is 31.2 Å². The summed E-state index contributed by atoms with van der Waals surface area (Å²) < 4.78 is 41.9. The molecular weight excluding hydrogens is 321 g/mol. The maximum atomic E-state index is 14.4. The van der Waals surface area contributed by atoms with Gasteiger partial charge in [-0.2, -0.15) is 0 Å². The van der Waals surface area contributed by atoms with Crippen LogP contribution >= 0.6 is 0 Å². The molecule has 0 bridgehead atoms. The normalized spacial score (nSPS) is 21.0. The number of hydrogen-bond donors (Lipinski definition) is 0. The van der Waals surface area contributed by atoms with Crippen molar-refractivity contribution in [3.05, 3.63) is 65.2 Å².